The van der Waals surface area contributed by atoms with E-state index in [1.807, 2.05) is 37.2 Å². The molecule has 1 N–H and O–H groups in total. The van der Waals surface area contributed by atoms with Gasteiger partial charge in [-0.1, -0.05) is 15.9 Å². The van der Waals surface area contributed by atoms with E-state index in [0.717, 1.165) is 20.3 Å². The lowest BCUT2D eigenvalue weighted by Crippen LogP contribution is -2.17. The van der Waals surface area contributed by atoms with E-state index in [4.69, 9.17) is 0 Å². The summed E-state index contributed by atoms with van der Waals surface area (Å²) in [5, 5.41) is 2.90. The van der Waals surface area contributed by atoms with Gasteiger partial charge < -0.3 is 10.2 Å². The lowest BCUT2D eigenvalue weighted by atomic mass is 10.2. The van der Waals surface area contributed by atoms with E-state index in [1.54, 1.807) is 12.3 Å². The Morgan fingerprint density at radius 1 is 1.15 bits per heavy atom. The van der Waals surface area contributed by atoms with Gasteiger partial charge in [0.1, 0.15) is 0 Å². The van der Waals surface area contributed by atoms with Crippen molar-refractivity contribution in [1.29, 1.82) is 0 Å². The molecule has 0 aliphatic carbocycles. The highest BCUT2D eigenvalue weighted by atomic mass is 79.9. The van der Waals surface area contributed by atoms with Crippen LogP contribution in [0.3, 0.4) is 0 Å². The van der Waals surface area contributed by atoms with Crippen LogP contribution in [0.15, 0.2) is 45.6 Å². The highest BCUT2D eigenvalue weighted by molar-refractivity contribution is 9.10. The van der Waals surface area contributed by atoms with Crippen molar-refractivity contribution in [2.24, 2.45) is 0 Å². The fraction of sp³-hybridized carbons (Fsp3) is 0.143. The van der Waals surface area contributed by atoms with Gasteiger partial charge in [-0.15, -0.1) is 0 Å². The number of nitrogens with zero attached hydrogens (tertiary/aromatic N) is 2. The predicted molar refractivity (Wildman–Crippen MR) is 88.4 cm³/mol. The summed E-state index contributed by atoms with van der Waals surface area (Å²) in [6.45, 7) is 0. The minimum absolute atomic E-state index is 0.194. The van der Waals surface area contributed by atoms with E-state index in [9.17, 15) is 4.79 Å². The molecule has 1 amide bonds. The molecule has 0 fully saturated rings. The maximum atomic E-state index is 12.2. The molecule has 1 heterocycles. The number of carbonyl (C=O) groups is 1. The van der Waals surface area contributed by atoms with Gasteiger partial charge in [0.15, 0.2) is 0 Å². The molecule has 0 bridgehead atoms. The Bertz CT molecular complexity index is 644. The van der Waals surface area contributed by atoms with Gasteiger partial charge in [0, 0.05) is 35.4 Å². The van der Waals surface area contributed by atoms with Crippen LogP contribution >= 0.6 is 31.9 Å². The number of pyridine rings is 1. The van der Waals surface area contributed by atoms with Crippen LogP contribution in [0.1, 0.15) is 10.4 Å². The van der Waals surface area contributed by atoms with Crippen LogP contribution in [0.4, 0.5) is 11.4 Å². The number of halogens is 2. The van der Waals surface area contributed by atoms with Gasteiger partial charge in [0.25, 0.3) is 5.91 Å². The number of anilines is 2. The average molecular weight is 399 g/mol. The van der Waals surface area contributed by atoms with Crippen LogP contribution in [0.25, 0.3) is 0 Å². The quantitative estimate of drug-likeness (QED) is 0.851. The standard InChI is InChI=1S/C14H13Br2N3O/c1-19(2)13-4-3-10(15)6-12(13)18-14(20)9-5-11(16)8-17-7-9/h3-8H,1-2H3,(H,18,20). The second-order valence-corrected chi connectivity index (χ2v) is 6.23. The smallest absolute Gasteiger partial charge is 0.257 e. The summed E-state index contributed by atoms with van der Waals surface area (Å²) in [4.78, 5) is 18.2. The first-order valence-electron chi connectivity index (χ1n) is 5.86. The predicted octanol–water partition coefficient (Wildman–Crippen LogP) is 3.92. The van der Waals surface area contributed by atoms with Crippen LogP contribution in [-0.4, -0.2) is 25.0 Å². The summed E-state index contributed by atoms with van der Waals surface area (Å²) in [6, 6.07) is 7.48. The monoisotopic (exact) mass is 397 g/mol. The Morgan fingerprint density at radius 2 is 1.90 bits per heavy atom. The summed E-state index contributed by atoms with van der Waals surface area (Å²) in [5.74, 6) is -0.194. The molecule has 1 aromatic heterocycles. The number of benzene rings is 1. The van der Waals surface area contributed by atoms with Crippen LogP contribution in [0, 0.1) is 0 Å². The summed E-state index contributed by atoms with van der Waals surface area (Å²) in [7, 11) is 3.86. The maximum Gasteiger partial charge on any atom is 0.257 e. The first-order valence-corrected chi connectivity index (χ1v) is 7.45. The zero-order chi connectivity index (χ0) is 14.7. The van der Waals surface area contributed by atoms with Crippen molar-refractivity contribution >= 4 is 49.1 Å². The van der Waals surface area contributed by atoms with Crippen LogP contribution in [0.5, 0.6) is 0 Å². The lowest BCUT2D eigenvalue weighted by Gasteiger charge is -2.18. The Labute approximate surface area is 134 Å². The molecule has 6 heteroatoms. The van der Waals surface area contributed by atoms with Crippen molar-refractivity contribution in [2.45, 2.75) is 0 Å². The number of hydrogen-bond donors (Lipinski definition) is 1. The Hall–Kier alpha value is -1.40. The molecular weight excluding hydrogens is 386 g/mol. The molecule has 1 aromatic carbocycles. The zero-order valence-electron chi connectivity index (χ0n) is 11.0. The van der Waals surface area contributed by atoms with Gasteiger partial charge in [0.2, 0.25) is 0 Å². The topological polar surface area (TPSA) is 45.2 Å². The Morgan fingerprint density at radius 3 is 2.55 bits per heavy atom. The van der Waals surface area contributed by atoms with Crippen molar-refractivity contribution in [3.63, 3.8) is 0 Å². The highest BCUT2D eigenvalue weighted by Crippen LogP contribution is 2.28. The number of aromatic nitrogens is 1. The van der Waals surface area contributed by atoms with Crippen molar-refractivity contribution in [3.8, 4) is 0 Å². The Kier molecular flexibility index (Phi) is 4.77. The minimum atomic E-state index is -0.194. The van der Waals surface area contributed by atoms with E-state index < -0.39 is 0 Å². The second kappa shape index (κ2) is 6.37. The van der Waals surface area contributed by atoms with Gasteiger partial charge in [0.05, 0.1) is 16.9 Å². The average Bonchev–Trinajstić information content (AvgIpc) is 2.38. The molecule has 0 spiro atoms. The molecule has 0 saturated carbocycles. The van der Waals surface area contributed by atoms with E-state index in [1.165, 1.54) is 6.20 Å². The molecule has 2 aromatic rings. The van der Waals surface area contributed by atoms with Crippen LogP contribution in [-0.2, 0) is 0 Å². The number of amides is 1. The number of hydrogen-bond acceptors (Lipinski definition) is 3. The molecule has 0 aliphatic rings. The third-order valence-corrected chi connectivity index (χ3v) is 3.58. The Balaban J connectivity index is 2.30. The summed E-state index contributed by atoms with van der Waals surface area (Å²) < 4.78 is 1.68. The number of carbonyl (C=O) groups excluding carboxylic acids is 1. The SMILES string of the molecule is CN(C)c1ccc(Br)cc1NC(=O)c1cncc(Br)c1. The van der Waals surface area contributed by atoms with Crippen molar-refractivity contribution in [2.75, 3.05) is 24.3 Å². The van der Waals surface area contributed by atoms with Crippen LogP contribution < -0.4 is 10.2 Å². The maximum absolute atomic E-state index is 12.2. The molecule has 104 valence electrons. The highest BCUT2D eigenvalue weighted by Gasteiger charge is 2.11. The zero-order valence-corrected chi connectivity index (χ0v) is 14.2. The van der Waals surface area contributed by atoms with E-state index >= 15 is 0 Å². The number of rotatable bonds is 3. The summed E-state index contributed by atoms with van der Waals surface area (Å²) >= 11 is 6.72. The molecule has 0 atom stereocenters. The molecule has 20 heavy (non-hydrogen) atoms. The molecule has 0 aliphatic heterocycles. The van der Waals surface area contributed by atoms with Gasteiger partial charge in [-0.3, -0.25) is 9.78 Å². The fourth-order valence-electron chi connectivity index (χ4n) is 1.73. The van der Waals surface area contributed by atoms with Gasteiger partial charge >= 0.3 is 0 Å². The fourth-order valence-corrected chi connectivity index (χ4v) is 2.45. The largest absolute Gasteiger partial charge is 0.376 e. The molecule has 0 unspecified atom stereocenters. The van der Waals surface area contributed by atoms with E-state index in [2.05, 4.69) is 42.2 Å². The molecule has 4 nitrogen and oxygen atoms in total. The molecule has 0 saturated heterocycles. The first-order chi connectivity index (χ1) is 9.47. The summed E-state index contributed by atoms with van der Waals surface area (Å²) in [5.41, 5.74) is 2.18. The molecule has 0 radical (unpaired) electrons. The summed E-state index contributed by atoms with van der Waals surface area (Å²) in [6.07, 6.45) is 3.18. The van der Waals surface area contributed by atoms with Gasteiger partial charge in [-0.2, -0.15) is 0 Å². The van der Waals surface area contributed by atoms with Crippen molar-refractivity contribution < 1.29 is 4.79 Å². The van der Waals surface area contributed by atoms with Crippen LogP contribution in [0.2, 0.25) is 0 Å². The van der Waals surface area contributed by atoms with Crippen molar-refractivity contribution in [1.82, 2.24) is 4.98 Å². The third kappa shape index (κ3) is 3.58. The molecular formula is C14H13Br2N3O. The van der Waals surface area contributed by atoms with E-state index in [0.29, 0.717) is 5.56 Å². The third-order valence-electron chi connectivity index (χ3n) is 2.66. The lowest BCUT2D eigenvalue weighted by molar-refractivity contribution is 0.102. The molecule has 2 rings (SSSR count). The second-order valence-electron chi connectivity index (χ2n) is 4.40. The minimum Gasteiger partial charge on any atom is -0.376 e. The van der Waals surface area contributed by atoms with Gasteiger partial charge in [-0.05, 0) is 40.2 Å². The van der Waals surface area contributed by atoms with Crippen molar-refractivity contribution in [3.05, 3.63) is 51.2 Å². The van der Waals surface area contributed by atoms with E-state index in [-0.39, 0.29) is 5.91 Å². The normalized spacial score (nSPS) is 10.2. The number of nitrogens with one attached hydrogen (secondary N) is 1. The first kappa shape index (κ1) is 15.0. The van der Waals surface area contributed by atoms with Gasteiger partial charge in [-0.25, -0.2) is 0 Å².